The van der Waals surface area contributed by atoms with Crippen molar-refractivity contribution in [2.75, 3.05) is 20.7 Å². The lowest BCUT2D eigenvalue weighted by Gasteiger charge is -2.31. The van der Waals surface area contributed by atoms with E-state index in [2.05, 4.69) is 0 Å². The van der Waals surface area contributed by atoms with Crippen LogP contribution in [0, 0.1) is 0 Å². The summed E-state index contributed by atoms with van der Waals surface area (Å²) in [6, 6.07) is 4.50. The van der Waals surface area contributed by atoms with E-state index >= 15 is 0 Å². The number of ether oxygens (including phenoxy) is 1. The Hall–Kier alpha value is -2.45. The van der Waals surface area contributed by atoms with Crippen molar-refractivity contribution in [1.29, 1.82) is 0 Å². The number of benzene rings is 1. The number of hydrogen-bond donors (Lipinski definition) is 1. The number of hydrogen-bond acceptors (Lipinski definition) is 5. The van der Waals surface area contributed by atoms with Gasteiger partial charge < -0.3 is 9.84 Å². The third-order valence-corrected chi connectivity index (χ3v) is 4.11. The number of rotatable bonds is 4. The van der Waals surface area contributed by atoms with Crippen LogP contribution < -0.4 is 4.74 Å². The maximum absolute atomic E-state index is 12.2. The van der Waals surface area contributed by atoms with E-state index in [0.29, 0.717) is 5.56 Å². The minimum atomic E-state index is -1.13. The summed E-state index contributed by atoms with van der Waals surface area (Å²) in [5, 5.41) is 8.88. The molecule has 7 nitrogen and oxygen atoms in total. The number of thiocarbonyl (C=S) groups is 1. The Balaban J connectivity index is 2.31. The summed E-state index contributed by atoms with van der Waals surface area (Å²) in [6.07, 6.45) is 1.40. The largest absolute Gasteiger partial charge is 0.480 e. The van der Waals surface area contributed by atoms with Gasteiger partial charge in [-0.1, -0.05) is 17.7 Å². The van der Waals surface area contributed by atoms with Gasteiger partial charge in [-0.3, -0.25) is 19.4 Å². The molecule has 2 amide bonds. The molecule has 1 N–H and O–H groups in total. The molecule has 1 aliphatic rings. The normalized spacial score (nSPS) is 15.0. The zero-order valence-electron chi connectivity index (χ0n) is 12.8. The topological polar surface area (TPSA) is 87.1 Å². The first-order chi connectivity index (χ1) is 11.2. The summed E-state index contributed by atoms with van der Waals surface area (Å²) in [5.74, 6) is -1.95. The Kier molecular flexibility index (Phi) is 5.20. The molecule has 0 radical (unpaired) electrons. The Morgan fingerprint density at radius 3 is 2.38 bits per heavy atom. The smallest absolute Gasteiger partial charge is 0.341 e. The Bertz CT molecular complexity index is 751. The van der Waals surface area contributed by atoms with E-state index in [9.17, 15) is 14.4 Å². The van der Waals surface area contributed by atoms with Crippen molar-refractivity contribution in [1.82, 2.24) is 9.80 Å². The zero-order valence-corrected chi connectivity index (χ0v) is 14.3. The lowest BCUT2D eigenvalue weighted by molar-refractivity contribution is -0.139. The molecule has 1 aromatic rings. The van der Waals surface area contributed by atoms with Crippen LogP contribution in [0.4, 0.5) is 0 Å². The fourth-order valence-corrected chi connectivity index (χ4v) is 2.41. The van der Waals surface area contributed by atoms with Crippen LogP contribution >= 0.6 is 23.8 Å². The molecule has 0 unspecified atom stereocenters. The van der Waals surface area contributed by atoms with E-state index in [1.54, 1.807) is 6.07 Å². The van der Waals surface area contributed by atoms with Crippen LogP contribution in [0.1, 0.15) is 5.56 Å². The second-order valence-corrected chi connectivity index (χ2v) is 5.71. The molecule has 1 fully saturated rings. The van der Waals surface area contributed by atoms with Gasteiger partial charge in [0.15, 0.2) is 11.7 Å². The number of aliphatic carboxylic acids is 1. The van der Waals surface area contributed by atoms with Crippen LogP contribution in [-0.4, -0.2) is 58.5 Å². The summed E-state index contributed by atoms with van der Waals surface area (Å²) in [6.45, 7) is -0.524. The molecule has 126 valence electrons. The maximum Gasteiger partial charge on any atom is 0.341 e. The fourth-order valence-electron chi connectivity index (χ4n) is 2.01. The van der Waals surface area contributed by atoms with E-state index < -0.39 is 24.4 Å². The Labute approximate surface area is 148 Å². The van der Waals surface area contributed by atoms with Crippen molar-refractivity contribution in [2.24, 2.45) is 0 Å². The molecule has 1 aromatic carbocycles. The van der Waals surface area contributed by atoms with Gasteiger partial charge in [-0.05, 0) is 36.0 Å². The van der Waals surface area contributed by atoms with Crippen molar-refractivity contribution < 1.29 is 24.2 Å². The molecule has 0 spiro atoms. The van der Waals surface area contributed by atoms with Gasteiger partial charge in [0.1, 0.15) is 11.3 Å². The first kappa shape index (κ1) is 17.9. The highest BCUT2D eigenvalue weighted by Crippen LogP contribution is 2.27. The number of carbonyl (C=O) groups excluding carboxylic acids is 2. The number of carboxylic acid groups (broad SMARTS) is 1. The summed E-state index contributed by atoms with van der Waals surface area (Å²) < 4.78 is 5.01. The number of nitrogens with zero attached hydrogens (tertiary/aromatic N) is 2. The van der Waals surface area contributed by atoms with Gasteiger partial charge in [-0.15, -0.1) is 0 Å². The van der Waals surface area contributed by atoms with Gasteiger partial charge in [0, 0.05) is 14.1 Å². The summed E-state index contributed by atoms with van der Waals surface area (Å²) in [7, 11) is 2.97. The number of carboxylic acids is 1. The van der Waals surface area contributed by atoms with E-state index in [-0.39, 0.29) is 21.5 Å². The molecule has 0 bridgehead atoms. The molecule has 24 heavy (non-hydrogen) atoms. The highest BCUT2D eigenvalue weighted by atomic mass is 35.5. The summed E-state index contributed by atoms with van der Waals surface area (Å²) >= 11 is 11.0. The molecular formula is C15H13ClN2O5S. The predicted octanol–water partition coefficient (Wildman–Crippen LogP) is 1.40. The third kappa shape index (κ3) is 3.55. The summed E-state index contributed by atoms with van der Waals surface area (Å²) in [5.41, 5.74) is 0.442. The first-order valence-corrected chi connectivity index (χ1v) is 7.47. The van der Waals surface area contributed by atoms with Crippen LogP contribution in [0.5, 0.6) is 5.75 Å². The molecule has 9 heteroatoms. The quantitative estimate of drug-likeness (QED) is 0.491. The van der Waals surface area contributed by atoms with Gasteiger partial charge in [0.25, 0.3) is 11.8 Å². The second-order valence-electron chi connectivity index (χ2n) is 4.94. The molecular weight excluding hydrogens is 356 g/mol. The molecule has 1 aliphatic heterocycles. The second kappa shape index (κ2) is 6.98. The van der Waals surface area contributed by atoms with Crippen LogP contribution in [-0.2, 0) is 14.4 Å². The van der Waals surface area contributed by atoms with E-state index in [0.717, 1.165) is 0 Å². The summed E-state index contributed by atoms with van der Waals surface area (Å²) in [4.78, 5) is 37.4. The SMILES string of the molecule is CN1C(=O)C(=Cc2ccc(OCC(=O)O)c(Cl)c2)C(=O)N(C)C1=S. The standard InChI is InChI=1S/C15H13ClN2O5S/c1-17-13(21)9(14(22)18(2)15(17)24)5-8-3-4-11(10(16)6-8)23-7-12(19)20/h3-6H,7H2,1-2H3,(H,19,20). The zero-order chi connectivity index (χ0) is 18.0. The van der Waals surface area contributed by atoms with Crippen molar-refractivity contribution in [3.8, 4) is 5.75 Å². The monoisotopic (exact) mass is 368 g/mol. The van der Waals surface area contributed by atoms with Gasteiger partial charge in [-0.25, -0.2) is 4.79 Å². The minimum absolute atomic E-state index is 0.0520. The molecule has 1 saturated heterocycles. The van der Waals surface area contributed by atoms with E-state index in [4.69, 9.17) is 33.7 Å². The Morgan fingerprint density at radius 2 is 1.88 bits per heavy atom. The van der Waals surface area contributed by atoms with E-state index in [1.165, 1.54) is 42.1 Å². The van der Waals surface area contributed by atoms with Crippen molar-refractivity contribution in [3.05, 3.63) is 34.4 Å². The van der Waals surface area contributed by atoms with Crippen LogP contribution in [0.15, 0.2) is 23.8 Å². The molecule has 0 atom stereocenters. The predicted molar refractivity (Wildman–Crippen MR) is 90.7 cm³/mol. The van der Waals surface area contributed by atoms with Crippen molar-refractivity contribution in [3.63, 3.8) is 0 Å². The number of carbonyl (C=O) groups is 3. The van der Waals surface area contributed by atoms with Gasteiger partial charge in [0.05, 0.1) is 5.02 Å². The number of halogens is 1. The minimum Gasteiger partial charge on any atom is -0.480 e. The van der Waals surface area contributed by atoms with Crippen LogP contribution in [0.2, 0.25) is 5.02 Å². The molecule has 0 aromatic heterocycles. The molecule has 0 aliphatic carbocycles. The lowest BCUT2D eigenvalue weighted by atomic mass is 10.1. The van der Waals surface area contributed by atoms with Gasteiger partial charge >= 0.3 is 5.97 Å². The molecule has 1 heterocycles. The number of amides is 2. The third-order valence-electron chi connectivity index (χ3n) is 3.26. The van der Waals surface area contributed by atoms with Gasteiger partial charge in [0.2, 0.25) is 0 Å². The number of likely N-dealkylation sites (N-methyl/N-ethyl adjacent to an activating group) is 2. The van der Waals surface area contributed by atoms with Crippen LogP contribution in [0.3, 0.4) is 0 Å². The molecule has 0 saturated carbocycles. The average molecular weight is 369 g/mol. The van der Waals surface area contributed by atoms with E-state index in [1.807, 2.05) is 0 Å². The van der Waals surface area contributed by atoms with Gasteiger partial charge in [-0.2, -0.15) is 0 Å². The maximum atomic E-state index is 12.2. The Morgan fingerprint density at radius 1 is 1.29 bits per heavy atom. The van der Waals surface area contributed by atoms with Crippen LogP contribution in [0.25, 0.3) is 6.08 Å². The first-order valence-electron chi connectivity index (χ1n) is 6.68. The lowest BCUT2D eigenvalue weighted by Crippen LogP contribution is -2.52. The average Bonchev–Trinajstić information content (AvgIpc) is 2.54. The molecule has 2 rings (SSSR count). The highest BCUT2D eigenvalue weighted by molar-refractivity contribution is 7.80. The van der Waals surface area contributed by atoms with Crippen molar-refractivity contribution >= 4 is 52.8 Å². The van der Waals surface area contributed by atoms with Crippen molar-refractivity contribution in [2.45, 2.75) is 0 Å². The highest BCUT2D eigenvalue weighted by Gasteiger charge is 2.35. The fraction of sp³-hybridized carbons (Fsp3) is 0.200.